The lowest BCUT2D eigenvalue weighted by Gasteiger charge is -2.32. The van der Waals surface area contributed by atoms with Gasteiger partial charge in [-0.25, -0.2) is 9.59 Å². The number of furan rings is 1. The number of amides is 2. The van der Waals surface area contributed by atoms with E-state index in [9.17, 15) is 9.59 Å². The van der Waals surface area contributed by atoms with Crippen LogP contribution in [-0.4, -0.2) is 56.4 Å². The Balaban J connectivity index is 1.52. The minimum atomic E-state index is -0.729. The Morgan fingerprint density at radius 2 is 2.03 bits per heavy atom. The van der Waals surface area contributed by atoms with E-state index in [0.29, 0.717) is 42.5 Å². The summed E-state index contributed by atoms with van der Waals surface area (Å²) in [6, 6.07) is 9.79. The van der Waals surface area contributed by atoms with Gasteiger partial charge in [0.05, 0.1) is 18.4 Å². The minimum absolute atomic E-state index is 0.190. The molecule has 9 heteroatoms. The molecule has 0 saturated carbocycles. The van der Waals surface area contributed by atoms with Crippen LogP contribution in [0.4, 0.5) is 4.79 Å². The molecule has 0 bridgehead atoms. The zero-order valence-electron chi connectivity index (χ0n) is 17.4. The third-order valence-corrected chi connectivity index (χ3v) is 4.99. The van der Waals surface area contributed by atoms with Gasteiger partial charge in [0.15, 0.2) is 11.5 Å². The zero-order valence-corrected chi connectivity index (χ0v) is 17.4. The van der Waals surface area contributed by atoms with Gasteiger partial charge in [-0.1, -0.05) is 12.1 Å². The molecule has 0 aliphatic carbocycles. The highest BCUT2D eigenvalue weighted by Crippen LogP contribution is 2.31. The Kier molecular flexibility index (Phi) is 6.13. The van der Waals surface area contributed by atoms with Crippen LogP contribution in [-0.2, 0) is 9.53 Å². The SMILES string of the molecule is CCOC(=O)C1=C(CN(C)C[C@@H]2COc3ccccc3O2)NC(=O)N[C@H]1c1ccco1. The van der Waals surface area contributed by atoms with Crippen LogP contribution in [0.15, 0.2) is 58.3 Å². The van der Waals surface area contributed by atoms with Crippen LogP contribution in [0.2, 0.25) is 0 Å². The largest absolute Gasteiger partial charge is 0.486 e. The fourth-order valence-corrected chi connectivity index (χ4v) is 3.70. The number of benzene rings is 1. The molecule has 4 rings (SSSR count). The van der Waals surface area contributed by atoms with Crippen LogP contribution >= 0.6 is 0 Å². The summed E-state index contributed by atoms with van der Waals surface area (Å²) in [4.78, 5) is 27.0. The fourth-order valence-electron chi connectivity index (χ4n) is 3.70. The van der Waals surface area contributed by atoms with Gasteiger partial charge in [-0.15, -0.1) is 0 Å². The molecule has 0 saturated heterocycles. The summed E-state index contributed by atoms with van der Waals surface area (Å²) in [5, 5.41) is 5.49. The summed E-state index contributed by atoms with van der Waals surface area (Å²) in [6.07, 6.45) is 1.31. The number of para-hydroxylation sites is 2. The summed E-state index contributed by atoms with van der Waals surface area (Å²) in [6.45, 7) is 3.20. The molecule has 0 unspecified atom stereocenters. The third-order valence-electron chi connectivity index (χ3n) is 4.99. The molecular weight excluding hydrogens is 402 g/mol. The van der Waals surface area contributed by atoms with Crippen molar-refractivity contribution in [2.75, 3.05) is 33.4 Å². The van der Waals surface area contributed by atoms with Crippen LogP contribution in [0.1, 0.15) is 18.7 Å². The van der Waals surface area contributed by atoms with Crippen molar-refractivity contribution in [1.82, 2.24) is 15.5 Å². The quantitative estimate of drug-likeness (QED) is 0.653. The van der Waals surface area contributed by atoms with Gasteiger partial charge in [0.1, 0.15) is 24.5 Å². The Morgan fingerprint density at radius 1 is 1.23 bits per heavy atom. The normalized spacial score (nSPS) is 20.3. The molecule has 0 radical (unpaired) electrons. The fraction of sp³-hybridized carbons (Fsp3) is 0.364. The maximum atomic E-state index is 12.8. The van der Waals surface area contributed by atoms with Crippen molar-refractivity contribution in [2.45, 2.75) is 19.1 Å². The second-order valence-electron chi connectivity index (χ2n) is 7.35. The number of carbonyl (C=O) groups is 2. The maximum absolute atomic E-state index is 12.8. The van der Waals surface area contributed by atoms with E-state index in [0.717, 1.165) is 5.75 Å². The zero-order chi connectivity index (χ0) is 21.8. The summed E-state index contributed by atoms with van der Waals surface area (Å²) < 4.78 is 22.5. The van der Waals surface area contributed by atoms with Crippen LogP contribution in [0.5, 0.6) is 11.5 Å². The highest BCUT2D eigenvalue weighted by Gasteiger charge is 2.36. The first-order valence-corrected chi connectivity index (χ1v) is 10.1. The number of nitrogens with zero attached hydrogens (tertiary/aromatic N) is 1. The van der Waals surface area contributed by atoms with Gasteiger partial charge in [0, 0.05) is 18.8 Å². The second kappa shape index (κ2) is 9.13. The Morgan fingerprint density at radius 3 is 2.77 bits per heavy atom. The van der Waals surface area contributed by atoms with E-state index in [1.54, 1.807) is 19.1 Å². The van der Waals surface area contributed by atoms with Crippen LogP contribution < -0.4 is 20.1 Å². The molecule has 1 aromatic heterocycles. The first-order chi connectivity index (χ1) is 15.0. The maximum Gasteiger partial charge on any atom is 0.338 e. The average molecular weight is 427 g/mol. The van der Waals surface area contributed by atoms with Gasteiger partial charge in [-0.05, 0) is 38.2 Å². The number of hydrogen-bond donors (Lipinski definition) is 2. The van der Waals surface area contributed by atoms with E-state index in [-0.39, 0.29) is 12.7 Å². The standard InChI is InChI=1S/C22H25N3O6/c1-3-28-21(26)19-15(23-22(27)24-20(19)18-9-6-10-29-18)12-25(2)11-14-13-30-16-7-4-5-8-17(16)31-14/h4-10,14,20H,3,11-13H2,1-2H3,(H2,23,24,27)/t14-,20+/m1/s1. The number of ether oxygens (including phenoxy) is 3. The molecule has 164 valence electrons. The first kappa shape index (κ1) is 20.8. The van der Waals surface area contributed by atoms with Crippen LogP contribution in [0.3, 0.4) is 0 Å². The Labute approximate surface area is 179 Å². The molecule has 0 fully saturated rings. The molecule has 2 aliphatic rings. The van der Waals surface area contributed by atoms with Gasteiger partial charge >= 0.3 is 12.0 Å². The molecule has 2 aliphatic heterocycles. The smallest absolute Gasteiger partial charge is 0.338 e. The number of carbonyl (C=O) groups excluding carboxylic acids is 2. The third kappa shape index (κ3) is 4.66. The minimum Gasteiger partial charge on any atom is -0.486 e. The molecule has 2 amide bonds. The summed E-state index contributed by atoms with van der Waals surface area (Å²) in [5.74, 6) is 1.37. The van der Waals surface area contributed by atoms with Crippen molar-refractivity contribution in [1.29, 1.82) is 0 Å². The monoisotopic (exact) mass is 427 g/mol. The summed E-state index contributed by atoms with van der Waals surface area (Å²) in [5.41, 5.74) is 0.776. The predicted molar refractivity (Wildman–Crippen MR) is 111 cm³/mol. The summed E-state index contributed by atoms with van der Waals surface area (Å²) in [7, 11) is 1.88. The number of hydrogen-bond acceptors (Lipinski definition) is 7. The molecule has 2 atom stereocenters. The van der Waals surface area contributed by atoms with Crippen molar-refractivity contribution in [3.63, 3.8) is 0 Å². The van der Waals surface area contributed by atoms with Gasteiger partial charge in [0.25, 0.3) is 0 Å². The summed E-state index contributed by atoms with van der Waals surface area (Å²) >= 11 is 0. The van der Waals surface area contributed by atoms with E-state index in [4.69, 9.17) is 18.6 Å². The lowest BCUT2D eigenvalue weighted by atomic mass is 10.00. The molecule has 9 nitrogen and oxygen atoms in total. The molecule has 31 heavy (non-hydrogen) atoms. The number of rotatable bonds is 7. The highest BCUT2D eigenvalue weighted by atomic mass is 16.6. The average Bonchev–Trinajstić information content (AvgIpc) is 3.28. The van der Waals surface area contributed by atoms with Crippen LogP contribution in [0.25, 0.3) is 0 Å². The van der Waals surface area contributed by atoms with Gasteiger partial charge < -0.3 is 29.3 Å². The van der Waals surface area contributed by atoms with E-state index in [1.807, 2.05) is 36.2 Å². The van der Waals surface area contributed by atoms with Crippen molar-refractivity contribution in [3.05, 3.63) is 59.7 Å². The Bertz CT molecular complexity index is 971. The molecule has 3 heterocycles. The van der Waals surface area contributed by atoms with Crippen molar-refractivity contribution in [2.24, 2.45) is 0 Å². The van der Waals surface area contributed by atoms with Gasteiger partial charge in [-0.2, -0.15) is 0 Å². The molecule has 1 aromatic carbocycles. The molecule has 2 N–H and O–H groups in total. The van der Waals surface area contributed by atoms with Crippen LogP contribution in [0, 0.1) is 0 Å². The lowest BCUT2D eigenvalue weighted by molar-refractivity contribution is -0.139. The molecule has 2 aromatic rings. The number of nitrogens with one attached hydrogen (secondary N) is 2. The lowest BCUT2D eigenvalue weighted by Crippen LogP contribution is -2.49. The number of esters is 1. The molecular formula is C22H25N3O6. The van der Waals surface area contributed by atoms with Crippen molar-refractivity contribution in [3.8, 4) is 11.5 Å². The highest BCUT2D eigenvalue weighted by molar-refractivity contribution is 5.95. The first-order valence-electron chi connectivity index (χ1n) is 10.1. The van der Waals surface area contributed by atoms with Gasteiger partial charge in [-0.3, -0.25) is 4.90 Å². The topological polar surface area (TPSA) is 102 Å². The number of likely N-dealkylation sites (N-methyl/N-ethyl adjacent to an activating group) is 1. The van der Waals surface area contributed by atoms with Crippen molar-refractivity contribution >= 4 is 12.0 Å². The van der Waals surface area contributed by atoms with E-state index in [1.165, 1.54) is 6.26 Å². The number of urea groups is 1. The predicted octanol–water partition coefficient (Wildman–Crippen LogP) is 2.22. The van der Waals surface area contributed by atoms with E-state index >= 15 is 0 Å². The van der Waals surface area contributed by atoms with Crippen molar-refractivity contribution < 1.29 is 28.2 Å². The Hall–Kier alpha value is -3.46. The van der Waals surface area contributed by atoms with E-state index < -0.39 is 18.0 Å². The molecule has 0 spiro atoms. The second-order valence-corrected chi connectivity index (χ2v) is 7.35. The van der Waals surface area contributed by atoms with E-state index in [2.05, 4.69) is 10.6 Å². The number of fused-ring (bicyclic) bond motifs is 1. The van der Waals surface area contributed by atoms with Gasteiger partial charge in [0.2, 0.25) is 0 Å².